The third-order valence-corrected chi connectivity index (χ3v) is 4.79. The van der Waals surface area contributed by atoms with Gasteiger partial charge in [-0.2, -0.15) is 0 Å². The van der Waals surface area contributed by atoms with E-state index in [0.717, 1.165) is 15.3 Å². The third kappa shape index (κ3) is 2.41. The van der Waals surface area contributed by atoms with Gasteiger partial charge in [0, 0.05) is 0 Å². The van der Waals surface area contributed by atoms with Crippen LogP contribution in [0.3, 0.4) is 0 Å². The van der Waals surface area contributed by atoms with Crippen molar-refractivity contribution in [1.29, 1.82) is 0 Å². The first-order valence-electron chi connectivity index (χ1n) is 5.60. The summed E-state index contributed by atoms with van der Waals surface area (Å²) in [5, 5.41) is 0.765. The Balaban J connectivity index is 1.97. The van der Waals surface area contributed by atoms with Gasteiger partial charge in [0.2, 0.25) is 0 Å². The molecule has 0 aliphatic carbocycles. The summed E-state index contributed by atoms with van der Waals surface area (Å²) in [7, 11) is 0. The Morgan fingerprint density at radius 3 is 2.28 bits per heavy atom. The molecule has 0 N–H and O–H groups in total. The third-order valence-electron chi connectivity index (χ3n) is 2.66. The maximum absolute atomic E-state index is 5.90. The summed E-state index contributed by atoms with van der Waals surface area (Å²) in [4.78, 5) is 6.95. The first-order chi connectivity index (χ1) is 8.83. The van der Waals surface area contributed by atoms with E-state index in [2.05, 4.69) is 17.1 Å². The van der Waals surface area contributed by atoms with Crippen molar-refractivity contribution >= 4 is 26.1 Å². The molecule has 0 aliphatic heterocycles. The molecule has 3 rings (SSSR count). The molecule has 0 saturated heterocycles. The first kappa shape index (κ1) is 11.7. The van der Waals surface area contributed by atoms with E-state index in [1.807, 2.05) is 42.5 Å². The number of aromatic nitrogens is 1. The fourth-order valence-electron chi connectivity index (χ4n) is 1.74. The van der Waals surface area contributed by atoms with Crippen LogP contribution in [0.15, 0.2) is 59.5 Å². The summed E-state index contributed by atoms with van der Waals surface area (Å²) in [6, 6.07) is 18.2. The molecule has 2 aromatic carbocycles. The molecule has 18 heavy (non-hydrogen) atoms. The van der Waals surface area contributed by atoms with E-state index in [1.165, 1.54) is 11.1 Å². The monoisotopic (exact) mass is 319 g/mol. The summed E-state index contributed by atoms with van der Waals surface area (Å²) in [5.74, 6) is 0. The number of nitrogens with zero attached hydrogens (tertiary/aromatic N) is 1. The van der Waals surface area contributed by atoms with Crippen LogP contribution in [0.25, 0.3) is 21.4 Å². The predicted octanol–water partition coefficient (Wildman–Crippen LogP) is 4.13. The van der Waals surface area contributed by atoms with Gasteiger partial charge in [-0.15, -0.1) is 0 Å². The summed E-state index contributed by atoms with van der Waals surface area (Å²) in [5.41, 5.74) is 3.44. The average Bonchev–Trinajstić information content (AvgIpc) is 2.90. The van der Waals surface area contributed by atoms with Gasteiger partial charge >= 0.3 is 117 Å². The predicted molar refractivity (Wildman–Crippen MR) is 77.1 cm³/mol. The molecule has 0 spiro atoms. The van der Waals surface area contributed by atoms with Gasteiger partial charge in [-0.25, -0.2) is 0 Å². The van der Waals surface area contributed by atoms with Crippen LogP contribution in [-0.2, 0) is 0 Å². The van der Waals surface area contributed by atoms with E-state index in [-0.39, 0.29) is 0 Å². The molecule has 0 bridgehead atoms. The Labute approximate surface area is 117 Å². The summed E-state index contributed by atoms with van der Waals surface area (Å²) < 4.78 is 1.16. The van der Waals surface area contributed by atoms with E-state index in [1.54, 1.807) is 0 Å². The van der Waals surface area contributed by atoms with Crippen LogP contribution in [0.5, 0.6) is 0 Å². The standard InChI is InChI=1S/C15H10ClNSe/c16-13-8-6-12(7-9-13)15-17-14(10-18-15)11-4-2-1-3-5-11/h1-10H. The van der Waals surface area contributed by atoms with Gasteiger partial charge < -0.3 is 0 Å². The molecule has 1 aromatic heterocycles. The molecule has 3 aromatic rings. The number of rotatable bonds is 2. The van der Waals surface area contributed by atoms with Crippen molar-refractivity contribution in [3.63, 3.8) is 0 Å². The average molecular weight is 319 g/mol. The Kier molecular flexibility index (Phi) is 3.33. The van der Waals surface area contributed by atoms with E-state index < -0.39 is 0 Å². The van der Waals surface area contributed by atoms with E-state index in [4.69, 9.17) is 16.6 Å². The molecule has 0 aliphatic rings. The fraction of sp³-hybridized carbons (Fsp3) is 0. The number of benzene rings is 2. The summed E-state index contributed by atoms with van der Waals surface area (Å²) in [6.07, 6.45) is 0. The van der Waals surface area contributed by atoms with Gasteiger partial charge in [-0.1, -0.05) is 0 Å². The van der Waals surface area contributed by atoms with Gasteiger partial charge in [0.15, 0.2) is 0 Å². The molecule has 3 heteroatoms. The van der Waals surface area contributed by atoms with Crippen molar-refractivity contribution in [3.8, 4) is 21.4 Å². The van der Waals surface area contributed by atoms with Gasteiger partial charge in [0.05, 0.1) is 0 Å². The number of halogens is 1. The minimum absolute atomic E-state index is 0.305. The summed E-state index contributed by atoms with van der Waals surface area (Å²) >= 11 is 6.20. The zero-order chi connectivity index (χ0) is 12.4. The molecule has 0 fully saturated rings. The summed E-state index contributed by atoms with van der Waals surface area (Å²) in [6.45, 7) is 0. The van der Waals surface area contributed by atoms with Crippen LogP contribution >= 0.6 is 11.6 Å². The second-order valence-corrected chi connectivity index (χ2v) is 6.15. The van der Waals surface area contributed by atoms with Crippen molar-refractivity contribution in [2.75, 3.05) is 0 Å². The second-order valence-electron chi connectivity index (χ2n) is 3.91. The fourth-order valence-corrected chi connectivity index (χ4v) is 3.62. The van der Waals surface area contributed by atoms with E-state index in [0.29, 0.717) is 14.5 Å². The van der Waals surface area contributed by atoms with Crippen molar-refractivity contribution in [2.24, 2.45) is 0 Å². The van der Waals surface area contributed by atoms with Crippen molar-refractivity contribution in [2.45, 2.75) is 0 Å². The molecule has 0 amide bonds. The van der Waals surface area contributed by atoms with Crippen LogP contribution < -0.4 is 0 Å². The molecule has 0 unspecified atom stereocenters. The molecule has 88 valence electrons. The van der Waals surface area contributed by atoms with Gasteiger partial charge in [-0.05, 0) is 0 Å². The van der Waals surface area contributed by atoms with Crippen molar-refractivity contribution in [3.05, 3.63) is 64.6 Å². The normalized spacial score (nSPS) is 10.5. The molecule has 1 heterocycles. The van der Waals surface area contributed by atoms with Gasteiger partial charge in [0.25, 0.3) is 0 Å². The van der Waals surface area contributed by atoms with Crippen molar-refractivity contribution < 1.29 is 0 Å². The van der Waals surface area contributed by atoms with Crippen LogP contribution in [0.1, 0.15) is 0 Å². The van der Waals surface area contributed by atoms with Crippen LogP contribution in [0.2, 0.25) is 5.02 Å². The van der Waals surface area contributed by atoms with E-state index >= 15 is 0 Å². The maximum atomic E-state index is 5.90. The molecular formula is C15H10ClNSe. The SMILES string of the molecule is Clc1ccc(-c2nc(-c3ccccc3)c[se]2)cc1. The van der Waals surface area contributed by atoms with E-state index in [9.17, 15) is 0 Å². The quantitative estimate of drug-likeness (QED) is 0.648. The van der Waals surface area contributed by atoms with Crippen molar-refractivity contribution in [1.82, 2.24) is 4.98 Å². The zero-order valence-corrected chi connectivity index (χ0v) is 12.0. The molecular weight excluding hydrogens is 309 g/mol. The van der Waals surface area contributed by atoms with Crippen LogP contribution in [-0.4, -0.2) is 19.5 Å². The Morgan fingerprint density at radius 1 is 0.833 bits per heavy atom. The Bertz CT molecular complexity index is 644. The van der Waals surface area contributed by atoms with Gasteiger partial charge in [0.1, 0.15) is 0 Å². The van der Waals surface area contributed by atoms with Gasteiger partial charge in [-0.3, -0.25) is 0 Å². The first-order valence-corrected chi connectivity index (χ1v) is 7.82. The Hall–Kier alpha value is -1.34. The molecule has 0 saturated carbocycles. The minimum atomic E-state index is 0.305. The molecule has 1 nitrogen and oxygen atoms in total. The molecule has 0 radical (unpaired) electrons. The van der Waals surface area contributed by atoms with Crippen LogP contribution in [0, 0.1) is 0 Å². The molecule has 0 atom stereocenters. The second kappa shape index (κ2) is 5.11. The Morgan fingerprint density at radius 2 is 1.56 bits per heavy atom. The topological polar surface area (TPSA) is 12.9 Å². The zero-order valence-electron chi connectivity index (χ0n) is 9.51. The number of hydrogen-bond donors (Lipinski definition) is 0. The number of hydrogen-bond acceptors (Lipinski definition) is 1. The van der Waals surface area contributed by atoms with Crippen LogP contribution in [0.4, 0.5) is 0 Å².